The Hall–Kier alpha value is -2.04. The summed E-state index contributed by atoms with van der Waals surface area (Å²) >= 11 is 0. The van der Waals surface area contributed by atoms with E-state index in [4.69, 9.17) is 5.73 Å². The molecule has 0 spiro atoms. The topological polar surface area (TPSA) is 38.9 Å². The van der Waals surface area contributed by atoms with Gasteiger partial charge >= 0.3 is 6.18 Å². The molecule has 1 aromatic heterocycles. The second-order valence-corrected chi connectivity index (χ2v) is 3.99. The highest BCUT2D eigenvalue weighted by molar-refractivity contribution is 5.68. The van der Waals surface area contributed by atoms with E-state index in [1.54, 1.807) is 31.3 Å². The fourth-order valence-corrected chi connectivity index (χ4v) is 1.71. The summed E-state index contributed by atoms with van der Waals surface area (Å²) in [5.41, 5.74) is 6.18. The van der Waals surface area contributed by atoms with Crippen LogP contribution in [0, 0.1) is 6.92 Å². The normalized spacial score (nSPS) is 11.6. The zero-order chi connectivity index (χ0) is 13.3. The van der Waals surface area contributed by atoms with Gasteiger partial charge in [0.2, 0.25) is 0 Å². The molecule has 94 valence electrons. The zero-order valence-corrected chi connectivity index (χ0v) is 9.62. The van der Waals surface area contributed by atoms with Crippen LogP contribution in [0.1, 0.15) is 11.3 Å². The third-order valence-electron chi connectivity index (χ3n) is 2.59. The molecule has 0 aliphatic heterocycles. The molecule has 0 atom stereocenters. The van der Waals surface area contributed by atoms with Crippen LogP contribution < -0.4 is 5.73 Å². The van der Waals surface area contributed by atoms with E-state index in [9.17, 15) is 13.2 Å². The number of alkyl halides is 3. The minimum absolute atomic E-state index is 0.267. The molecule has 0 aliphatic carbocycles. The average molecular weight is 252 g/mol. The molecule has 2 aromatic rings. The first-order valence-corrected chi connectivity index (χ1v) is 5.27. The zero-order valence-electron chi connectivity index (χ0n) is 9.62. The molecule has 5 heteroatoms. The van der Waals surface area contributed by atoms with Gasteiger partial charge < -0.3 is 5.73 Å². The van der Waals surface area contributed by atoms with Crippen molar-refractivity contribution < 1.29 is 13.2 Å². The summed E-state index contributed by atoms with van der Waals surface area (Å²) in [7, 11) is 0. The van der Waals surface area contributed by atoms with Crippen molar-refractivity contribution in [2.45, 2.75) is 13.1 Å². The van der Waals surface area contributed by atoms with Crippen LogP contribution in [0.15, 0.2) is 36.5 Å². The first kappa shape index (κ1) is 12.4. The van der Waals surface area contributed by atoms with Gasteiger partial charge in [-0.15, -0.1) is 0 Å². The van der Waals surface area contributed by atoms with Crippen LogP contribution in [-0.2, 0) is 6.18 Å². The van der Waals surface area contributed by atoms with Gasteiger partial charge in [-0.2, -0.15) is 13.2 Å². The lowest BCUT2D eigenvalue weighted by Crippen LogP contribution is -2.08. The number of nitrogen functional groups attached to an aromatic ring is 1. The molecule has 2 rings (SSSR count). The lowest BCUT2D eigenvalue weighted by Gasteiger charge is -2.12. The van der Waals surface area contributed by atoms with Crippen molar-refractivity contribution in [1.29, 1.82) is 0 Å². The number of halogens is 3. The Bertz CT molecular complexity index is 577. The van der Waals surface area contributed by atoms with E-state index in [0.29, 0.717) is 11.1 Å². The standard InChI is InChI=1S/C13H11F3N2/c1-8-6-10(4-5-18-8)9-2-3-12(17)11(7-9)13(14,15)16/h2-7H,17H2,1H3. The minimum Gasteiger partial charge on any atom is -0.398 e. The van der Waals surface area contributed by atoms with Gasteiger partial charge in [-0.1, -0.05) is 6.07 Å². The van der Waals surface area contributed by atoms with Gasteiger partial charge in [0.15, 0.2) is 0 Å². The van der Waals surface area contributed by atoms with Gasteiger partial charge in [-0.05, 0) is 42.3 Å². The summed E-state index contributed by atoms with van der Waals surface area (Å²) in [6.07, 6.45) is -2.88. The van der Waals surface area contributed by atoms with Crippen molar-refractivity contribution in [3.63, 3.8) is 0 Å². The Kier molecular flexibility index (Phi) is 2.98. The number of rotatable bonds is 1. The maximum Gasteiger partial charge on any atom is 0.418 e. The maximum absolute atomic E-state index is 12.7. The average Bonchev–Trinajstić information content (AvgIpc) is 2.28. The summed E-state index contributed by atoms with van der Waals surface area (Å²) in [5, 5.41) is 0. The SMILES string of the molecule is Cc1cc(-c2ccc(N)c(C(F)(F)F)c2)ccn1. The third-order valence-corrected chi connectivity index (χ3v) is 2.59. The smallest absolute Gasteiger partial charge is 0.398 e. The predicted molar refractivity (Wildman–Crippen MR) is 63.8 cm³/mol. The van der Waals surface area contributed by atoms with E-state index in [0.717, 1.165) is 11.8 Å². The van der Waals surface area contributed by atoms with Crippen LogP contribution in [0.25, 0.3) is 11.1 Å². The van der Waals surface area contributed by atoms with Crippen molar-refractivity contribution in [3.8, 4) is 11.1 Å². The van der Waals surface area contributed by atoms with Crippen LogP contribution in [0.5, 0.6) is 0 Å². The van der Waals surface area contributed by atoms with Gasteiger partial charge in [0.05, 0.1) is 5.56 Å². The number of anilines is 1. The summed E-state index contributed by atoms with van der Waals surface area (Å²) in [4.78, 5) is 4.01. The summed E-state index contributed by atoms with van der Waals surface area (Å²) < 4.78 is 38.2. The second kappa shape index (κ2) is 4.33. The molecule has 2 nitrogen and oxygen atoms in total. The van der Waals surface area contributed by atoms with Crippen molar-refractivity contribution in [3.05, 3.63) is 47.8 Å². The number of hydrogen-bond donors (Lipinski definition) is 1. The van der Waals surface area contributed by atoms with Crippen LogP contribution in [0.2, 0.25) is 0 Å². The first-order chi connectivity index (χ1) is 8.38. The van der Waals surface area contributed by atoms with Gasteiger partial charge in [0, 0.05) is 17.6 Å². The van der Waals surface area contributed by atoms with Gasteiger partial charge in [-0.3, -0.25) is 4.98 Å². The Labute approximate surface area is 102 Å². The Morgan fingerprint density at radius 1 is 1.06 bits per heavy atom. The van der Waals surface area contributed by atoms with Crippen molar-refractivity contribution in [2.75, 3.05) is 5.73 Å². The molecule has 0 amide bonds. The molecule has 2 N–H and O–H groups in total. The maximum atomic E-state index is 12.7. The van der Waals surface area contributed by atoms with E-state index >= 15 is 0 Å². The molecule has 0 saturated carbocycles. The van der Waals surface area contributed by atoms with Gasteiger partial charge in [0.25, 0.3) is 0 Å². The monoisotopic (exact) mass is 252 g/mol. The Morgan fingerprint density at radius 3 is 2.33 bits per heavy atom. The molecule has 18 heavy (non-hydrogen) atoms. The lowest BCUT2D eigenvalue weighted by atomic mass is 10.0. The fourth-order valence-electron chi connectivity index (χ4n) is 1.71. The number of aromatic nitrogens is 1. The number of nitrogens with two attached hydrogens (primary N) is 1. The van der Waals surface area contributed by atoms with E-state index < -0.39 is 11.7 Å². The summed E-state index contributed by atoms with van der Waals surface area (Å²) in [6.45, 7) is 1.78. The highest BCUT2D eigenvalue weighted by Crippen LogP contribution is 2.36. The van der Waals surface area contributed by atoms with Gasteiger partial charge in [-0.25, -0.2) is 0 Å². The summed E-state index contributed by atoms with van der Waals surface area (Å²) in [6, 6.07) is 7.29. The number of benzene rings is 1. The summed E-state index contributed by atoms with van der Waals surface area (Å²) in [5.74, 6) is 0. The van der Waals surface area contributed by atoms with Gasteiger partial charge in [0.1, 0.15) is 0 Å². The number of aryl methyl sites for hydroxylation is 1. The van der Waals surface area contributed by atoms with Crippen LogP contribution >= 0.6 is 0 Å². The largest absolute Gasteiger partial charge is 0.418 e. The van der Waals surface area contributed by atoms with E-state index in [1.165, 1.54) is 6.07 Å². The highest BCUT2D eigenvalue weighted by Gasteiger charge is 2.33. The van der Waals surface area contributed by atoms with E-state index in [-0.39, 0.29) is 5.69 Å². The lowest BCUT2D eigenvalue weighted by molar-refractivity contribution is -0.136. The number of pyridine rings is 1. The molecule has 0 saturated heterocycles. The Balaban J connectivity index is 2.54. The molecule has 1 heterocycles. The number of nitrogens with zero attached hydrogens (tertiary/aromatic N) is 1. The number of hydrogen-bond acceptors (Lipinski definition) is 2. The van der Waals surface area contributed by atoms with E-state index in [2.05, 4.69) is 4.98 Å². The molecule has 0 unspecified atom stereocenters. The van der Waals surface area contributed by atoms with Crippen LogP contribution in [0.4, 0.5) is 18.9 Å². The highest BCUT2D eigenvalue weighted by atomic mass is 19.4. The minimum atomic E-state index is -4.44. The van der Waals surface area contributed by atoms with Crippen molar-refractivity contribution in [2.24, 2.45) is 0 Å². The second-order valence-electron chi connectivity index (χ2n) is 3.99. The fraction of sp³-hybridized carbons (Fsp3) is 0.154. The quantitative estimate of drug-likeness (QED) is 0.786. The molecule has 0 aliphatic rings. The first-order valence-electron chi connectivity index (χ1n) is 5.27. The van der Waals surface area contributed by atoms with Crippen molar-refractivity contribution in [1.82, 2.24) is 4.98 Å². The Morgan fingerprint density at radius 2 is 1.72 bits per heavy atom. The van der Waals surface area contributed by atoms with Crippen LogP contribution in [-0.4, -0.2) is 4.98 Å². The predicted octanol–water partition coefficient (Wildman–Crippen LogP) is 3.66. The molecule has 1 aromatic carbocycles. The molecular weight excluding hydrogens is 241 g/mol. The molecular formula is C13H11F3N2. The third kappa shape index (κ3) is 2.45. The molecule has 0 bridgehead atoms. The van der Waals surface area contributed by atoms with E-state index in [1.807, 2.05) is 0 Å². The molecule has 0 radical (unpaired) electrons. The molecule has 0 fully saturated rings. The van der Waals surface area contributed by atoms with Crippen LogP contribution in [0.3, 0.4) is 0 Å². The van der Waals surface area contributed by atoms with Crippen molar-refractivity contribution >= 4 is 5.69 Å².